The summed E-state index contributed by atoms with van der Waals surface area (Å²) in [6, 6.07) is 19.1. The van der Waals surface area contributed by atoms with E-state index in [0.29, 0.717) is 17.8 Å². The Morgan fingerprint density at radius 2 is 1.61 bits per heavy atom. The molecule has 0 bridgehead atoms. The number of nitrogens with zero attached hydrogens (tertiary/aromatic N) is 2. The molecule has 2 aliphatic heterocycles. The number of methoxy groups -OCH3 is 1. The lowest BCUT2D eigenvalue weighted by atomic mass is 10.1. The number of carbonyl (C=O) groups is 2. The van der Waals surface area contributed by atoms with Crippen molar-refractivity contribution in [3.8, 4) is 5.75 Å². The zero-order valence-electron chi connectivity index (χ0n) is 24.0. The topological polar surface area (TPSA) is 95.2 Å². The standard InChI is InChI=1S/C32H39N5O4/c1-22-8-6-9-23(2)30(22)35-32(39)34-24-13-14-27(26(20-24)31(38)33-21-25-10-7-19-41-25)36-15-17-37(18-16-36)28-11-4-5-12-29(28)40-3/h4-6,8-9,11-14,20,25H,7,10,15-19,21H2,1-3H3,(H,33,38)(H2,34,35,39). The molecule has 2 fully saturated rings. The maximum Gasteiger partial charge on any atom is 0.323 e. The lowest BCUT2D eigenvalue weighted by Gasteiger charge is -2.38. The molecule has 1 atom stereocenters. The first-order chi connectivity index (χ1) is 19.9. The molecule has 3 N–H and O–H groups in total. The molecule has 3 aromatic rings. The maximum atomic E-state index is 13.5. The fraction of sp³-hybridized carbons (Fsp3) is 0.375. The number of rotatable bonds is 8. The SMILES string of the molecule is COc1ccccc1N1CCN(c2ccc(NC(=O)Nc3c(C)cccc3C)cc2C(=O)NCC2CCCO2)CC1. The van der Waals surface area contributed by atoms with Gasteiger partial charge in [-0.2, -0.15) is 0 Å². The summed E-state index contributed by atoms with van der Waals surface area (Å²) in [6.07, 6.45) is 1.99. The molecule has 41 heavy (non-hydrogen) atoms. The van der Waals surface area contributed by atoms with Crippen LogP contribution in [0.15, 0.2) is 60.7 Å². The Hall–Kier alpha value is -4.24. The monoisotopic (exact) mass is 557 g/mol. The number of carbonyl (C=O) groups excluding carboxylic acids is 2. The number of ether oxygens (including phenoxy) is 2. The number of anilines is 4. The van der Waals surface area contributed by atoms with E-state index in [4.69, 9.17) is 9.47 Å². The van der Waals surface area contributed by atoms with E-state index in [1.165, 1.54) is 0 Å². The number of amides is 3. The van der Waals surface area contributed by atoms with Crippen LogP contribution in [0, 0.1) is 13.8 Å². The van der Waals surface area contributed by atoms with E-state index in [2.05, 4.69) is 31.8 Å². The summed E-state index contributed by atoms with van der Waals surface area (Å²) in [5.41, 5.74) is 5.73. The first-order valence-electron chi connectivity index (χ1n) is 14.2. The van der Waals surface area contributed by atoms with Crippen LogP contribution in [-0.2, 0) is 4.74 Å². The molecule has 0 aromatic heterocycles. The molecule has 2 saturated heterocycles. The van der Waals surface area contributed by atoms with E-state index in [1.54, 1.807) is 13.2 Å². The van der Waals surface area contributed by atoms with Crippen molar-refractivity contribution in [2.24, 2.45) is 0 Å². The zero-order valence-corrected chi connectivity index (χ0v) is 24.0. The highest BCUT2D eigenvalue weighted by Crippen LogP contribution is 2.31. The van der Waals surface area contributed by atoms with Crippen molar-refractivity contribution >= 4 is 34.7 Å². The Kier molecular flexibility index (Phi) is 8.94. The van der Waals surface area contributed by atoms with E-state index in [-0.39, 0.29) is 18.0 Å². The minimum atomic E-state index is -0.355. The Morgan fingerprint density at radius 3 is 2.29 bits per heavy atom. The number of nitrogens with one attached hydrogen (secondary N) is 3. The molecule has 9 heteroatoms. The molecule has 0 radical (unpaired) electrons. The van der Waals surface area contributed by atoms with Crippen molar-refractivity contribution < 1.29 is 19.1 Å². The van der Waals surface area contributed by atoms with Gasteiger partial charge in [-0.25, -0.2) is 4.79 Å². The van der Waals surface area contributed by atoms with Gasteiger partial charge in [-0.15, -0.1) is 0 Å². The normalized spacial score (nSPS) is 16.8. The smallest absolute Gasteiger partial charge is 0.323 e. The third-order valence-corrected chi connectivity index (χ3v) is 7.78. The number of aryl methyl sites for hydroxylation is 2. The highest BCUT2D eigenvalue weighted by molar-refractivity contribution is 6.04. The Bertz CT molecular complexity index is 1360. The predicted octanol–water partition coefficient (Wildman–Crippen LogP) is 5.19. The molecule has 3 amide bonds. The van der Waals surface area contributed by atoms with Crippen molar-refractivity contribution in [2.45, 2.75) is 32.8 Å². The van der Waals surface area contributed by atoms with Crippen molar-refractivity contribution in [3.63, 3.8) is 0 Å². The summed E-state index contributed by atoms with van der Waals surface area (Å²) >= 11 is 0. The predicted molar refractivity (Wildman–Crippen MR) is 164 cm³/mol. The van der Waals surface area contributed by atoms with Gasteiger partial charge < -0.3 is 35.2 Å². The third kappa shape index (κ3) is 6.74. The van der Waals surface area contributed by atoms with Gasteiger partial charge in [0, 0.05) is 56.4 Å². The molecule has 2 aliphatic rings. The Labute approximate surface area is 241 Å². The molecule has 0 spiro atoms. The van der Waals surface area contributed by atoms with Crippen molar-refractivity contribution in [2.75, 3.05) is 66.9 Å². The average molecular weight is 558 g/mol. The molecule has 5 rings (SSSR count). The lowest BCUT2D eigenvalue weighted by Crippen LogP contribution is -2.47. The van der Waals surface area contributed by atoms with Gasteiger partial charge in [-0.05, 0) is 68.1 Å². The molecule has 1 unspecified atom stereocenters. The van der Waals surface area contributed by atoms with E-state index in [0.717, 1.165) is 79.6 Å². The van der Waals surface area contributed by atoms with Gasteiger partial charge in [-0.1, -0.05) is 30.3 Å². The van der Waals surface area contributed by atoms with Crippen LogP contribution < -0.4 is 30.5 Å². The van der Waals surface area contributed by atoms with Gasteiger partial charge in [0.1, 0.15) is 5.75 Å². The molecular formula is C32H39N5O4. The average Bonchev–Trinajstić information content (AvgIpc) is 3.52. The van der Waals surface area contributed by atoms with Gasteiger partial charge in [-0.3, -0.25) is 4.79 Å². The van der Waals surface area contributed by atoms with Gasteiger partial charge in [0.15, 0.2) is 0 Å². The van der Waals surface area contributed by atoms with Gasteiger partial charge >= 0.3 is 6.03 Å². The zero-order chi connectivity index (χ0) is 28.8. The van der Waals surface area contributed by atoms with Crippen LogP contribution in [0.1, 0.15) is 34.3 Å². The van der Waals surface area contributed by atoms with Crippen LogP contribution in [0.25, 0.3) is 0 Å². The van der Waals surface area contributed by atoms with Crippen LogP contribution >= 0.6 is 0 Å². The summed E-state index contributed by atoms with van der Waals surface area (Å²) < 4.78 is 11.3. The molecule has 3 aromatic carbocycles. The first-order valence-corrected chi connectivity index (χ1v) is 14.2. The number of para-hydroxylation sites is 3. The summed E-state index contributed by atoms with van der Waals surface area (Å²) in [6.45, 7) is 8.17. The molecule has 0 aliphatic carbocycles. The summed E-state index contributed by atoms with van der Waals surface area (Å²) in [5.74, 6) is 0.672. The molecular weight excluding hydrogens is 518 g/mol. The second kappa shape index (κ2) is 13.0. The number of urea groups is 1. The lowest BCUT2D eigenvalue weighted by molar-refractivity contribution is 0.0858. The maximum absolute atomic E-state index is 13.5. The molecule has 9 nitrogen and oxygen atoms in total. The summed E-state index contributed by atoms with van der Waals surface area (Å²) in [4.78, 5) is 31.0. The summed E-state index contributed by atoms with van der Waals surface area (Å²) in [5, 5.41) is 8.93. The molecule has 0 saturated carbocycles. The van der Waals surface area contributed by atoms with Crippen molar-refractivity contribution in [1.29, 1.82) is 0 Å². The third-order valence-electron chi connectivity index (χ3n) is 7.78. The fourth-order valence-electron chi connectivity index (χ4n) is 5.55. The summed E-state index contributed by atoms with van der Waals surface area (Å²) in [7, 11) is 1.69. The number of benzene rings is 3. The second-order valence-electron chi connectivity index (χ2n) is 10.6. The van der Waals surface area contributed by atoms with Crippen LogP contribution in [-0.4, -0.2) is 64.5 Å². The Balaban J connectivity index is 1.33. The van der Waals surface area contributed by atoms with Crippen LogP contribution in [0.5, 0.6) is 5.75 Å². The fourth-order valence-corrected chi connectivity index (χ4v) is 5.55. The van der Waals surface area contributed by atoms with Gasteiger partial charge in [0.25, 0.3) is 5.91 Å². The largest absolute Gasteiger partial charge is 0.495 e. The van der Waals surface area contributed by atoms with Crippen molar-refractivity contribution in [3.05, 3.63) is 77.4 Å². The van der Waals surface area contributed by atoms with E-state index in [1.807, 2.05) is 62.4 Å². The minimum absolute atomic E-state index is 0.0382. The number of piperazine rings is 1. The molecule has 216 valence electrons. The minimum Gasteiger partial charge on any atom is -0.495 e. The van der Waals surface area contributed by atoms with E-state index < -0.39 is 0 Å². The van der Waals surface area contributed by atoms with Crippen LogP contribution in [0.3, 0.4) is 0 Å². The van der Waals surface area contributed by atoms with E-state index in [9.17, 15) is 9.59 Å². The van der Waals surface area contributed by atoms with Gasteiger partial charge in [0.05, 0.1) is 24.5 Å². The van der Waals surface area contributed by atoms with Crippen LogP contribution in [0.2, 0.25) is 0 Å². The quantitative estimate of drug-likeness (QED) is 0.353. The first kappa shape index (κ1) is 28.3. The Morgan fingerprint density at radius 1 is 0.902 bits per heavy atom. The highest BCUT2D eigenvalue weighted by atomic mass is 16.5. The highest BCUT2D eigenvalue weighted by Gasteiger charge is 2.25. The molecule has 2 heterocycles. The number of hydrogen-bond acceptors (Lipinski definition) is 6. The van der Waals surface area contributed by atoms with Crippen molar-refractivity contribution in [1.82, 2.24) is 5.32 Å². The second-order valence-corrected chi connectivity index (χ2v) is 10.6. The van der Waals surface area contributed by atoms with Gasteiger partial charge in [0.2, 0.25) is 0 Å². The van der Waals surface area contributed by atoms with Crippen LogP contribution in [0.4, 0.5) is 27.5 Å². The van der Waals surface area contributed by atoms with E-state index >= 15 is 0 Å². The number of hydrogen-bond donors (Lipinski definition) is 3.